The van der Waals surface area contributed by atoms with E-state index >= 15 is 0 Å². The van der Waals surface area contributed by atoms with Gasteiger partial charge in [-0.15, -0.1) is 0 Å². The monoisotopic (exact) mass is 296 g/mol. The molecule has 0 saturated carbocycles. The third-order valence-electron chi connectivity index (χ3n) is 3.34. The van der Waals surface area contributed by atoms with Crippen LogP contribution in [0.3, 0.4) is 0 Å². The summed E-state index contributed by atoms with van der Waals surface area (Å²) in [6.45, 7) is 4.01. The van der Waals surface area contributed by atoms with Crippen LogP contribution in [0.15, 0.2) is 24.3 Å². The van der Waals surface area contributed by atoms with E-state index < -0.39 is 12.0 Å². The number of hydrogen-bond acceptors (Lipinski definition) is 3. The summed E-state index contributed by atoms with van der Waals surface area (Å²) in [7, 11) is 1.61. The summed E-state index contributed by atoms with van der Waals surface area (Å²) in [6, 6.07) is 4.96. The van der Waals surface area contributed by atoms with Crippen LogP contribution in [0.2, 0.25) is 0 Å². The molecular formula is C15H21FN2O3. The highest BCUT2D eigenvalue weighted by atomic mass is 19.1. The molecule has 0 aliphatic heterocycles. The fraction of sp³-hybridized carbons (Fsp3) is 0.467. The number of carboxylic acids is 1. The van der Waals surface area contributed by atoms with Crippen molar-refractivity contribution in [2.24, 2.45) is 0 Å². The molecule has 0 aliphatic rings. The summed E-state index contributed by atoms with van der Waals surface area (Å²) in [5.41, 5.74) is 0.598. The smallest absolute Gasteiger partial charge is 0.320 e. The molecule has 1 aromatic carbocycles. The van der Waals surface area contributed by atoms with Gasteiger partial charge >= 0.3 is 5.97 Å². The van der Waals surface area contributed by atoms with Crippen LogP contribution in [-0.4, -0.2) is 48.1 Å². The quantitative estimate of drug-likeness (QED) is 0.835. The Bertz CT molecular complexity index is 490. The van der Waals surface area contributed by atoms with E-state index in [0.717, 1.165) is 0 Å². The molecule has 116 valence electrons. The Morgan fingerprint density at radius 3 is 2.24 bits per heavy atom. The molecule has 0 radical (unpaired) electrons. The molecule has 0 heterocycles. The van der Waals surface area contributed by atoms with Crippen LogP contribution in [-0.2, 0) is 9.59 Å². The second-order valence-electron chi connectivity index (χ2n) is 4.79. The number of hydrogen-bond donors (Lipinski definition) is 1. The number of aliphatic carboxylic acids is 1. The lowest BCUT2D eigenvalue weighted by atomic mass is 10.2. The topological polar surface area (TPSA) is 60.9 Å². The SMILES string of the molecule is CCC(C(=O)O)N(C)CC(=O)N(CC)c1ccc(F)cc1. The van der Waals surface area contributed by atoms with Gasteiger partial charge in [0.15, 0.2) is 0 Å². The van der Waals surface area contributed by atoms with Gasteiger partial charge in [0, 0.05) is 12.2 Å². The molecule has 1 aromatic rings. The van der Waals surface area contributed by atoms with Crippen LogP contribution < -0.4 is 4.90 Å². The van der Waals surface area contributed by atoms with E-state index in [2.05, 4.69) is 0 Å². The van der Waals surface area contributed by atoms with Crippen molar-refractivity contribution >= 4 is 17.6 Å². The standard InChI is InChI=1S/C15H21FN2O3/c1-4-13(15(20)21)17(3)10-14(19)18(5-2)12-8-6-11(16)7-9-12/h6-9,13H,4-5,10H2,1-3H3,(H,20,21). The maximum absolute atomic E-state index is 12.9. The summed E-state index contributed by atoms with van der Waals surface area (Å²) in [5, 5.41) is 9.09. The molecule has 0 bridgehead atoms. The molecular weight excluding hydrogens is 275 g/mol. The average molecular weight is 296 g/mol. The molecule has 0 aliphatic carbocycles. The highest BCUT2D eigenvalue weighted by Crippen LogP contribution is 2.15. The van der Waals surface area contributed by atoms with Crippen LogP contribution in [0.5, 0.6) is 0 Å². The summed E-state index contributed by atoms with van der Waals surface area (Å²) in [4.78, 5) is 26.4. The second kappa shape index (κ2) is 7.73. The summed E-state index contributed by atoms with van der Waals surface area (Å²) in [6.07, 6.45) is 0.418. The van der Waals surface area contributed by atoms with Crippen molar-refractivity contribution in [2.75, 3.05) is 25.0 Å². The number of benzene rings is 1. The molecule has 1 rings (SSSR count). The molecule has 1 unspecified atom stereocenters. The number of likely N-dealkylation sites (N-methyl/N-ethyl adjacent to an activating group) is 2. The van der Waals surface area contributed by atoms with Crippen molar-refractivity contribution in [3.63, 3.8) is 0 Å². The van der Waals surface area contributed by atoms with Gasteiger partial charge in [0.05, 0.1) is 6.54 Å². The molecule has 0 fully saturated rings. The first-order valence-electron chi connectivity index (χ1n) is 6.89. The minimum absolute atomic E-state index is 0.00395. The van der Waals surface area contributed by atoms with Gasteiger partial charge in [-0.2, -0.15) is 0 Å². The average Bonchev–Trinajstić information content (AvgIpc) is 2.42. The molecule has 0 saturated heterocycles. The number of carbonyl (C=O) groups is 2. The first-order chi connectivity index (χ1) is 9.90. The lowest BCUT2D eigenvalue weighted by molar-refractivity contribution is -0.143. The predicted molar refractivity (Wildman–Crippen MR) is 78.8 cm³/mol. The Balaban J connectivity index is 2.80. The number of carboxylic acid groups (broad SMARTS) is 1. The Hall–Kier alpha value is -1.95. The molecule has 5 nitrogen and oxygen atoms in total. The molecule has 0 aromatic heterocycles. The van der Waals surface area contributed by atoms with E-state index in [1.165, 1.54) is 34.1 Å². The van der Waals surface area contributed by atoms with Gasteiger partial charge in [0.25, 0.3) is 0 Å². The molecule has 21 heavy (non-hydrogen) atoms. The molecule has 1 amide bonds. The Morgan fingerprint density at radius 1 is 1.24 bits per heavy atom. The Labute approximate surface area is 124 Å². The second-order valence-corrected chi connectivity index (χ2v) is 4.79. The van der Waals surface area contributed by atoms with E-state index in [4.69, 9.17) is 5.11 Å². The zero-order valence-electron chi connectivity index (χ0n) is 12.5. The van der Waals surface area contributed by atoms with Gasteiger partial charge in [-0.3, -0.25) is 14.5 Å². The molecule has 6 heteroatoms. The number of halogens is 1. The third kappa shape index (κ3) is 4.53. The first kappa shape index (κ1) is 17.1. The molecule has 0 spiro atoms. The van der Waals surface area contributed by atoms with Crippen LogP contribution in [0.4, 0.5) is 10.1 Å². The van der Waals surface area contributed by atoms with Crippen LogP contribution >= 0.6 is 0 Å². The maximum Gasteiger partial charge on any atom is 0.320 e. The van der Waals surface area contributed by atoms with Gasteiger partial charge in [0.2, 0.25) is 5.91 Å². The number of carbonyl (C=O) groups excluding carboxylic acids is 1. The van der Waals surface area contributed by atoms with Crippen LogP contribution in [0, 0.1) is 5.82 Å². The third-order valence-corrected chi connectivity index (χ3v) is 3.34. The predicted octanol–water partition coefficient (Wildman–Crippen LogP) is 1.97. The molecule has 1 N–H and O–H groups in total. The minimum Gasteiger partial charge on any atom is -0.480 e. The van der Waals surface area contributed by atoms with Crippen molar-refractivity contribution in [1.82, 2.24) is 4.90 Å². The number of nitrogens with zero attached hydrogens (tertiary/aromatic N) is 2. The largest absolute Gasteiger partial charge is 0.480 e. The van der Waals surface area contributed by atoms with E-state index in [1.54, 1.807) is 14.0 Å². The van der Waals surface area contributed by atoms with Gasteiger partial charge in [-0.1, -0.05) is 6.92 Å². The zero-order valence-corrected chi connectivity index (χ0v) is 12.5. The van der Waals surface area contributed by atoms with Gasteiger partial charge < -0.3 is 10.0 Å². The summed E-state index contributed by atoms with van der Waals surface area (Å²) in [5.74, 6) is -1.53. The fourth-order valence-corrected chi connectivity index (χ4v) is 2.21. The lowest BCUT2D eigenvalue weighted by Gasteiger charge is -2.27. The van der Waals surface area contributed by atoms with Gasteiger partial charge in [-0.05, 0) is 44.7 Å². The fourth-order valence-electron chi connectivity index (χ4n) is 2.21. The molecule has 1 atom stereocenters. The van der Waals surface area contributed by atoms with E-state index in [-0.39, 0.29) is 18.3 Å². The van der Waals surface area contributed by atoms with Crippen LogP contribution in [0.25, 0.3) is 0 Å². The lowest BCUT2D eigenvalue weighted by Crippen LogP contribution is -2.45. The highest BCUT2D eigenvalue weighted by molar-refractivity contribution is 5.95. The van der Waals surface area contributed by atoms with Crippen molar-refractivity contribution < 1.29 is 19.1 Å². The number of rotatable bonds is 7. The number of amides is 1. The van der Waals surface area contributed by atoms with Crippen molar-refractivity contribution in [1.29, 1.82) is 0 Å². The van der Waals surface area contributed by atoms with Crippen molar-refractivity contribution in [3.05, 3.63) is 30.1 Å². The number of anilines is 1. The van der Waals surface area contributed by atoms with Crippen molar-refractivity contribution in [2.45, 2.75) is 26.3 Å². The van der Waals surface area contributed by atoms with Crippen molar-refractivity contribution in [3.8, 4) is 0 Å². The maximum atomic E-state index is 12.9. The van der Waals surface area contributed by atoms with Crippen LogP contribution in [0.1, 0.15) is 20.3 Å². The van der Waals surface area contributed by atoms with E-state index in [1.807, 2.05) is 6.92 Å². The van der Waals surface area contributed by atoms with Gasteiger partial charge in [-0.25, -0.2) is 4.39 Å². The Morgan fingerprint density at radius 2 is 1.81 bits per heavy atom. The minimum atomic E-state index is -0.947. The first-order valence-corrected chi connectivity index (χ1v) is 6.89. The summed E-state index contributed by atoms with van der Waals surface area (Å²) >= 11 is 0. The Kier molecular flexibility index (Phi) is 6.30. The zero-order chi connectivity index (χ0) is 16.0. The van der Waals surface area contributed by atoms with E-state index in [0.29, 0.717) is 18.7 Å². The van der Waals surface area contributed by atoms with Gasteiger partial charge in [0.1, 0.15) is 11.9 Å². The normalized spacial score (nSPS) is 12.2. The highest BCUT2D eigenvalue weighted by Gasteiger charge is 2.24. The van der Waals surface area contributed by atoms with E-state index in [9.17, 15) is 14.0 Å². The summed E-state index contributed by atoms with van der Waals surface area (Å²) < 4.78 is 12.9.